The average molecular weight is 378 g/mol. The topological polar surface area (TPSA) is 55.6 Å². The van der Waals surface area contributed by atoms with Gasteiger partial charge < -0.3 is 14.2 Å². The summed E-state index contributed by atoms with van der Waals surface area (Å²) in [6.45, 7) is 1.67. The first-order valence-electron chi connectivity index (χ1n) is 9.97. The number of hydrogen-bond donors (Lipinski definition) is 0. The van der Waals surface area contributed by atoms with Crippen LogP contribution in [0.4, 0.5) is 0 Å². The van der Waals surface area contributed by atoms with E-state index in [1.807, 2.05) is 41.3 Å². The Morgan fingerprint density at radius 2 is 1.89 bits per heavy atom. The van der Waals surface area contributed by atoms with Crippen LogP contribution in [0.1, 0.15) is 30.5 Å². The van der Waals surface area contributed by atoms with Crippen molar-refractivity contribution < 1.29 is 14.1 Å². The second-order valence-corrected chi connectivity index (χ2v) is 7.51. The van der Waals surface area contributed by atoms with Crippen molar-refractivity contribution in [3.05, 3.63) is 59.8 Å². The second kappa shape index (κ2) is 8.46. The van der Waals surface area contributed by atoms with Crippen LogP contribution in [0.5, 0.6) is 5.75 Å². The predicted octanol–water partition coefficient (Wildman–Crippen LogP) is 4.25. The number of benzene rings is 2. The van der Waals surface area contributed by atoms with Crippen LogP contribution in [0, 0.1) is 5.92 Å². The Kier molecular flexibility index (Phi) is 5.60. The van der Waals surface area contributed by atoms with Gasteiger partial charge in [0.05, 0.1) is 13.5 Å². The lowest BCUT2D eigenvalue weighted by Gasteiger charge is -2.32. The number of likely N-dealkylation sites (tertiary alicyclic amines) is 1. The van der Waals surface area contributed by atoms with Gasteiger partial charge in [0.2, 0.25) is 5.91 Å². The number of hydrogen-bond acceptors (Lipinski definition) is 4. The molecule has 0 unspecified atom stereocenters. The first-order chi connectivity index (χ1) is 13.7. The summed E-state index contributed by atoms with van der Waals surface area (Å²) in [6.07, 6.45) is 4.70. The molecule has 2 aromatic carbocycles. The molecule has 146 valence electrons. The maximum Gasteiger partial charge on any atom is 0.228 e. The van der Waals surface area contributed by atoms with Crippen molar-refractivity contribution in [3.8, 4) is 5.75 Å². The maximum absolute atomic E-state index is 12.7. The molecule has 1 aliphatic rings. The van der Waals surface area contributed by atoms with E-state index in [2.05, 4.69) is 17.3 Å². The lowest BCUT2D eigenvalue weighted by Crippen LogP contribution is -2.39. The molecule has 1 aliphatic heterocycles. The number of carbonyl (C=O) groups excluding carboxylic acids is 1. The van der Waals surface area contributed by atoms with E-state index >= 15 is 0 Å². The zero-order chi connectivity index (χ0) is 19.3. The summed E-state index contributed by atoms with van der Waals surface area (Å²) in [5.74, 6) is 1.72. The highest BCUT2D eigenvalue weighted by Crippen LogP contribution is 2.24. The molecule has 0 aliphatic carbocycles. The number of carbonyl (C=O) groups is 1. The smallest absolute Gasteiger partial charge is 0.228 e. The molecule has 28 heavy (non-hydrogen) atoms. The van der Waals surface area contributed by atoms with Gasteiger partial charge in [-0.3, -0.25) is 4.79 Å². The average Bonchev–Trinajstić information content (AvgIpc) is 3.16. The molecule has 1 saturated heterocycles. The molecule has 0 saturated carbocycles. The van der Waals surface area contributed by atoms with Gasteiger partial charge in [-0.2, -0.15) is 0 Å². The predicted molar refractivity (Wildman–Crippen MR) is 108 cm³/mol. The molecule has 0 bridgehead atoms. The van der Waals surface area contributed by atoms with E-state index in [0.29, 0.717) is 12.3 Å². The Labute approximate surface area is 165 Å². The Morgan fingerprint density at radius 3 is 2.64 bits per heavy atom. The normalized spacial score (nSPS) is 15.1. The van der Waals surface area contributed by atoms with Crippen molar-refractivity contribution in [2.24, 2.45) is 5.92 Å². The van der Waals surface area contributed by atoms with Crippen molar-refractivity contribution in [2.75, 3.05) is 20.2 Å². The van der Waals surface area contributed by atoms with E-state index < -0.39 is 0 Å². The van der Waals surface area contributed by atoms with Crippen molar-refractivity contribution in [1.29, 1.82) is 0 Å². The zero-order valence-electron chi connectivity index (χ0n) is 16.3. The molecule has 5 heteroatoms. The minimum Gasteiger partial charge on any atom is -0.497 e. The number of fused-ring (bicyclic) bond motifs is 1. The van der Waals surface area contributed by atoms with Crippen LogP contribution < -0.4 is 4.74 Å². The third-order valence-corrected chi connectivity index (χ3v) is 5.74. The van der Waals surface area contributed by atoms with Gasteiger partial charge in [0.25, 0.3) is 0 Å². The Hall–Kier alpha value is -2.82. The monoisotopic (exact) mass is 378 g/mol. The number of rotatable bonds is 6. The highest BCUT2D eigenvalue weighted by Gasteiger charge is 2.24. The largest absolute Gasteiger partial charge is 0.497 e. The van der Waals surface area contributed by atoms with Gasteiger partial charge in [0.15, 0.2) is 5.58 Å². The molecular formula is C23H26N2O3. The van der Waals surface area contributed by atoms with Crippen LogP contribution in [0.15, 0.2) is 53.1 Å². The van der Waals surface area contributed by atoms with Crippen molar-refractivity contribution in [3.63, 3.8) is 0 Å². The van der Waals surface area contributed by atoms with Crippen molar-refractivity contribution >= 4 is 16.9 Å². The first-order valence-corrected chi connectivity index (χ1v) is 9.97. The molecule has 0 N–H and O–H groups in total. The first kappa shape index (κ1) is 18.5. The number of methoxy groups -OCH3 is 1. The molecule has 0 atom stereocenters. The molecular weight excluding hydrogens is 352 g/mol. The lowest BCUT2D eigenvalue weighted by atomic mass is 9.90. The molecule has 3 aromatic rings. The summed E-state index contributed by atoms with van der Waals surface area (Å²) >= 11 is 0. The van der Waals surface area contributed by atoms with Crippen LogP contribution in [0.25, 0.3) is 11.0 Å². The Bertz CT molecular complexity index is 924. The molecule has 1 aromatic heterocycles. The molecule has 1 amide bonds. The number of para-hydroxylation sites is 1. The highest BCUT2D eigenvalue weighted by molar-refractivity contribution is 5.86. The van der Waals surface area contributed by atoms with Gasteiger partial charge >= 0.3 is 0 Å². The lowest BCUT2D eigenvalue weighted by molar-refractivity contribution is -0.131. The fraction of sp³-hybridized carbons (Fsp3) is 0.391. The van der Waals surface area contributed by atoms with Crippen LogP contribution >= 0.6 is 0 Å². The van der Waals surface area contributed by atoms with E-state index in [1.165, 1.54) is 12.0 Å². The van der Waals surface area contributed by atoms with Crippen molar-refractivity contribution in [1.82, 2.24) is 10.1 Å². The van der Waals surface area contributed by atoms with Crippen LogP contribution in [0.2, 0.25) is 0 Å². The highest BCUT2D eigenvalue weighted by atomic mass is 16.5. The van der Waals surface area contributed by atoms with Crippen LogP contribution in [-0.4, -0.2) is 36.2 Å². The SMILES string of the molecule is COc1ccc(CCC2CCN(C(=O)Cc3noc4ccccc34)CC2)cc1. The number of nitrogens with zero attached hydrogens (tertiary/aromatic N) is 2. The molecule has 0 radical (unpaired) electrons. The van der Waals surface area contributed by atoms with Gasteiger partial charge in [-0.1, -0.05) is 29.4 Å². The molecule has 0 spiro atoms. The summed E-state index contributed by atoms with van der Waals surface area (Å²) in [6, 6.07) is 16.0. The van der Waals surface area contributed by atoms with Crippen molar-refractivity contribution in [2.45, 2.75) is 32.1 Å². The fourth-order valence-corrected chi connectivity index (χ4v) is 3.95. The summed E-state index contributed by atoms with van der Waals surface area (Å²) in [5.41, 5.74) is 2.82. The Balaban J connectivity index is 1.25. The van der Waals surface area contributed by atoms with E-state index in [-0.39, 0.29) is 5.91 Å². The standard InChI is InChI=1S/C23H26N2O3/c1-27-19-10-8-17(9-11-19)6-7-18-12-14-25(15-13-18)23(26)16-21-20-4-2-3-5-22(20)28-24-21/h2-5,8-11,18H,6-7,12-16H2,1H3. The number of aromatic nitrogens is 1. The fourth-order valence-electron chi connectivity index (χ4n) is 3.95. The number of amides is 1. The minimum absolute atomic E-state index is 0.146. The van der Waals surface area contributed by atoms with Crippen LogP contribution in [0.3, 0.4) is 0 Å². The number of ether oxygens (including phenoxy) is 1. The van der Waals surface area contributed by atoms with Gasteiger partial charge in [0.1, 0.15) is 11.4 Å². The van der Waals surface area contributed by atoms with E-state index in [0.717, 1.165) is 54.8 Å². The molecule has 4 rings (SSSR count). The summed E-state index contributed by atoms with van der Waals surface area (Å²) < 4.78 is 10.5. The van der Waals surface area contributed by atoms with Gasteiger partial charge in [0, 0.05) is 18.5 Å². The summed E-state index contributed by atoms with van der Waals surface area (Å²) in [5, 5.41) is 5.02. The number of aryl methyl sites for hydroxylation is 1. The third kappa shape index (κ3) is 4.19. The van der Waals surface area contributed by atoms with E-state index in [4.69, 9.17) is 9.26 Å². The second-order valence-electron chi connectivity index (χ2n) is 7.51. The summed E-state index contributed by atoms with van der Waals surface area (Å²) in [7, 11) is 1.69. The van der Waals surface area contributed by atoms with E-state index in [1.54, 1.807) is 7.11 Å². The van der Waals surface area contributed by atoms with Gasteiger partial charge in [-0.25, -0.2) is 0 Å². The Morgan fingerprint density at radius 1 is 1.14 bits per heavy atom. The summed E-state index contributed by atoms with van der Waals surface area (Å²) in [4.78, 5) is 14.7. The van der Waals surface area contributed by atoms with Gasteiger partial charge in [-0.05, 0) is 61.4 Å². The minimum atomic E-state index is 0.146. The van der Waals surface area contributed by atoms with Crippen LogP contribution in [-0.2, 0) is 17.6 Å². The zero-order valence-corrected chi connectivity index (χ0v) is 16.3. The maximum atomic E-state index is 12.7. The third-order valence-electron chi connectivity index (χ3n) is 5.74. The molecule has 1 fully saturated rings. The molecule has 5 nitrogen and oxygen atoms in total. The van der Waals surface area contributed by atoms with E-state index in [9.17, 15) is 4.79 Å². The quantitative estimate of drug-likeness (QED) is 0.643. The molecule has 2 heterocycles. The van der Waals surface area contributed by atoms with Gasteiger partial charge in [-0.15, -0.1) is 0 Å². The number of piperidine rings is 1.